The molecule has 0 saturated carbocycles. The summed E-state index contributed by atoms with van der Waals surface area (Å²) in [6.07, 6.45) is 0.949. The molecule has 0 aromatic heterocycles. The molecule has 0 spiro atoms. The fourth-order valence-electron chi connectivity index (χ4n) is 2.34. The Bertz CT molecular complexity index is 698. The van der Waals surface area contributed by atoms with Crippen LogP contribution < -0.4 is 10.1 Å². The summed E-state index contributed by atoms with van der Waals surface area (Å²) in [7, 11) is 1.55. The van der Waals surface area contributed by atoms with Gasteiger partial charge in [-0.25, -0.2) is 0 Å². The van der Waals surface area contributed by atoms with Crippen molar-refractivity contribution in [3.8, 4) is 5.75 Å². The number of thiocarbonyl (C=S) groups is 1. The minimum Gasteiger partial charge on any atom is -0.489 e. The Morgan fingerprint density at radius 3 is 2.48 bits per heavy atom. The number of aryl methyl sites for hydroxylation is 3. The Labute approximate surface area is 143 Å². The van der Waals surface area contributed by atoms with Gasteiger partial charge in [0.2, 0.25) is 0 Å². The van der Waals surface area contributed by atoms with E-state index in [0.717, 1.165) is 23.4 Å². The molecule has 0 aliphatic rings. The van der Waals surface area contributed by atoms with Crippen molar-refractivity contribution in [2.75, 3.05) is 12.4 Å². The van der Waals surface area contributed by atoms with Crippen molar-refractivity contribution >= 4 is 23.1 Å². The Morgan fingerprint density at radius 2 is 1.78 bits per heavy atom. The lowest BCUT2D eigenvalue weighted by Crippen LogP contribution is -2.13. The summed E-state index contributed by atoms with van der Waals surface area (Å²) in [5.74, 6) is 0.944. The first-order valence-corrected chi connectivity index (χ1v) is 8.11. The second kappa shape index (κ2) is 7.97. The van der Waals surface area contributed by atoms with Crippen LogP contribution in [0.15, 0.2) is 36.4 Å². The number of hydrogen-bond acceptors (Lipinski definition) is 3. The molecule has 3 nitrogen and oxygen atoms in total. The van der Waals surface area contributed by atoms with Gasteiger partial charge in [0.1, 0.15) is 12.4 Å². The van der Waals surface area contributed by atoms with E-state index in [0.29, 0.717) is 11.8 Å². The molecule has 0 saturated heterocycles. The van der Waals surface area contributed by atoms with Crippen molar-refractivity contribution in [1.82, 2.24) is 0 Å². The number of para-hydroxylation sites is 1. The lowest BCUT2D eigenvalue weighted by Gasteiger charge is -2.16. The predicted molar refractivity (Wildman–Crippen MR) is 99.3 cm³/mol. The van der Waals surface area contributed by atoms with E-state index in [4.69, 9.17) is 21.7 Å². The molecular formula is C19H23NO2S. The second-order valence-electron chi connectivity index (χ2n) is 5.46. The highest BCUT2D eigenvalue weighted by molar-refractivity contribution is 7.80. The van der Waals surface area contributed by atoms with E-state index in [2.05, 4.69) is 38.2 Å². The van der Waals surface area contributed by atoms with Gasteiger partial charge in [0.15, 0.2) is 0 Å². The van der Waals surface area contributed by atoms with Crippen LogP contribution in [-0.4, -0.2) is 12.3 Å². The molecule has 0 aliphatic carbocycles. The molecular weight excluding hydrogens is 306 g/mol. The van der Waals surface area contributed by atoms with Crippen LogP contribution in [0.25, 0.3) is 0 Å². The van der Waals surface area contributed by atoms with Gasteiger partial charge in [0.05, 0.1) is 7.11 Å². The van der Waals surface area contributed by atoms with Crippen molar-refractivity contribution in [2.45, 2.75) is 33.8 Å². The normalized spacial score (nSPS) is 10.3. The van der Waals surface area contributed by atoms with E-state index in [1.54, 1.807) is 7.11 Å². The summed E-state index contributed by atoms with van der Waals surface area (Å²) in [6, 6.07) is 12.2. The summed E-state index contributed by atoms with van der Waals surface area (Å²) >= 11 is 5.07. The van der Waals surface area contributed by atoms with Gasteiger partial charge < -0.3 is 14.8 Å². The third kappa shape index (κ3) is 4.45. The molecule has 2 rings (SSSR count). The number of methoxy groups -OCH3 is 1. The van der Waals surface area contributed by atoms with Crippen LogP contribution in [0.1, 0.15) is 29.2 Å². The van der Waals surface area contributed by atoms with Crippen LogP contribution >= 0.6 is 12.2 Å². The molecule has 0 radical (unpaired) electrons. The molecule has 23 heavy (non-hydrogen) atoms. The van der Waals surface area contributed by atoms with Crippen LogP contribution in [0.4, 0.5) is 5.69 Å². The Balaban J connectivity index is 2.18. The topological polar surface area (TPSA) is 30.5 Å². The molecule has 2 aromatic rings. The smallest absolute Gasteiger partial charge is 0.260 e. The zero-order chi connectivity index (χ0) is 16.8. The van der Waals surface area contributed by atoms with Gasteiger partial charge in [-0.3, -0.25) is 0 Å². The van der Waals surface area contributed by atoms with Crippen molar-refractivity contribution < 1.29 is 9.47 Å². The maximum absolute atomic E-state index is 6.08. The first-order chi connectivity index (χ1) is 11.0. The van der Waals surface area contributed by atoms with Crippen molar-refractivity contribution in [1.29, 1.82) is 0 Å². The van der Waals surface area contributed by atoms with Gasteiger partial charge in [-0.1, -0.05) is 31.2 Å². The molecule has 0 fully saturated rings. The summed E-state index contributed by atoms with van der Waals surface area (Å²) in [4.78, 5) is 0. The number of ether oxygens (including phenoxy) is 2. The lowest BCUT2D eigenvalue weighted by atomic mass is 10.0. The first kappa shape index (κ1) is 17.3. The first-order valence-electron chi connectivity index (χ1n) is 7.71. The molecule has 0 unspecified atom stereocenters. The molecule has 0 amide bonds. The summed E-state index contributed by atoms with van der Waals surface area (Å²) in [5, 5.41) is 3.42. The maximum atomic E-state index is 6.08. The Hall–Kier alpha value is -2.07. The van der Waals surface area contributed by atoms with Crippen LogP contribution in [-0.2, 0) is 17.8 Å². The molecule has 0 heterocycles. The predicted octanol–water partition coefficient (Wildman–Crippen LogP) is 4.79. The van der Waals surface area contributed by atoms with Gasteiger partial charge in [-0.15, -0.1) is 0 Å². The number of anilines is 1. The highest BCUT2D eigenvalue weighted by atomic mass is 32.1. The average molecular weight is 329 g/mol. The summed E-state index contributed by atoms with van der Waals surface area (Å²) < 4.78 is 11.1. The Kier molecular flexibility index (Phi) is 5.99. The number of benzene rings is 2. The standard InChI is InChI=1S/C19H23NO2S/c1-5-15-10-13(2)14(3)11-18(15)22-12-16-8-6-7-9-17(16)20-19(23)21-4/h6-11H,5,12H2,1-4H3,(H,20,23). The van der Waals surface area contributed by atoms with E-state index in [9.17, 15) is 0 Å². The monoisotopic (exact) mass is 329 g/mol. The van der Waals surface area contributed by atoms with E-state index >= 15 is 0 Å². The highest BCUT2D eigenvalue weighted by Crippen LogP contribution is 2.26. The molecule has 122 valence electrons. The minimum atomic E-state index is 0.345. The third-order valence-electron chi connectivity index (χ3n) is 3.88. The zero-order valence-corrected chi connectivity index (χ0v) is 14.9. The Morgan fingerprint density at radius 1 is 1.09 bits per heavy atom. The van der Waals surface area contributed by atoms with E-state index in [1.165, 1.54) is 16.7 Å². The zero-order valence-electron chi connectivity index (χ0n) is 14.1. The highest BCUT2D eigenvalue weighted by Gasteiger charge is 2.08. The van der Waals surface area contributed by atoms with E-state index < -0.39 is 0 Å². The molecule has 4 heteroatoms. The van der Waals surface area contributed by atoms with Crippen LogP contribution in [0.3, 0.4) is 0 Å². The van der Waals surface area contributed by atoms with Gasteiger partial charge in [0, 0.05) is 11.3 Å². The molecule has 0 atom stereocenters. The average Bonchev–Trinajstić information content (AvgIpc) is 2.56. The van der Waals surface area contributed by atoms with Crippen LogP contribution in [0, 0.1) is 13.8 Å². The second-order valence-corrected chi connectivity index (χ2v) is 5.83. The SMILES string of the molecule is CCc1cc(C)c(C)cc1OCc1ccccc1NC(=S)OC. The fourth-order valence-corrected chi connectivity index (χ4v) is 2.45. The lowest BCUT2D eigenvalue weighted by molar-refractivity contribution is 0.303. The number of nitrogens with one attached hydrogen (secondary N) is 1. The third-order valence-corrected chi connectivity index (χ3v) is 4.15. The van der Waals surface area contributed by atoms with Gasteiger partial charge in [-0.05, 0) is 61.3 Å². The fraction of sp³-hybridized carbons (Fsp3) is 0.316. The van der Waals surface area contributed by atoms with E-state index in [-0.39, 0.29) is 0 Å². The number of rotatable bonds is 5. The van der Waals surface area contributed by atoms with Crippen molar-refractivity contribution in [3.63, 3.8) is 0 Å². The maximum Gasteiger partial charge on any atom is 0.260 e. The summed E-state index contributed by atoms with van der Waals surface area (Å²) in [5.41, 5.74) is 5.70. The van der Waals surface area contributed by atoms with Crippen molar-refractivity contribution in [2.24, 2.45) is 0 Å². The molecule has 1 N–H and O–H groups in total. The van der Waals surface area contributed by atoms with E-state index in [1.807, 2.05) is 24.3 Å². The van der Waals surface area contributed by atoms with Gasteiger partial charge in [-0.2, -0.15) is 0 Å². The molecule has 2 aromatic carbocycles. The van der Waals surface area contributed by atoms with Crippen LogP contribution in [0.2, 0.25) is 0 Å². The van der Waals surface area contributed by atoms with Crippen LogP contribution in [0.5, 0.6) is 5.75 Å². The quantitative estimate of drug-likeness (QED) is 0.799. The minimum absolute atomic E-state index is 0.345. The summed E-state index contributed by atoms with van der Waals surface area (Å²) in [6.45, 7) is 6.85. The van der Waals surface area contributed by atoms with Gasteiger partial charge >= 0.3 is 0 Å². The molecule has 0 bridgehead atoms. The van der Waals surface area contributed by atoms with Gasteiger partial charge in [0.25, 0.3) is 5.17 Å². The van der Waals surface area contributed by atoms with Crippen molar-refractivity contribution in [3.05, 3.63) is 58.7 Å². The number of hydrogen-bond donors (Lipinski definition) is 1. The molecule has 0 aliphatic heterocycles. The largest absolute Gasteiger partial charge is 0.489 e.